The second kappa shape index (κ2) is 7.58. The van der Waals surface area contributed by atoms with Crippen LogP contribution in [0, 0.1) is 12.8 Å². The molecular weight excluding hydrogens is 352 g/mol. The van der Waals surface area contributed by atoms with E-state index in [0.717, 1.165) is 23.6 Å². The average molecular weight is 378 g/mol. The Morgan fingerprint density at radius 2 is 2.00 bits per heavy atom. The van der Waals surface area contributed by atoms with Gasteiger partial charge in [-0.25, -0.2) is 0 Å². The Kier molecular flexibility index (Phi) is 4.98. The Bertz CT molecular complexity index is 958. The van der Waals surface area contributed by atoms with E-state index in [0.29, 0.717) is 31.1 Å². The minimum Gasteiger partial charge on any atom is -0.329 e. The van der Waals surface area contributed by atoms with Gasteiger partial charge in [0.05, 0.1) is 30.9 Å². The number of hydrogen-bond donors (Lipinski definition) is 0. The lowest BCUT2D eigenvalue weighted by Gasteiger charge is -2.34. The number of carbonyl (C=O) groups is 1. The fourth-order valence-corrected chi connectivity index (χ4v) is 3.96. The zero-order valence-electron chi connectivity index (χ0n) is 16.6. The van der Waals surface area contributed by atoms with Crippen LogP contribution in [0.2, 0.25) is 0 Å². The zero-order valence-corrected chi connectivity index (χ0v) is 16.6. The number of amides is 1. The van der Waals surface area contributed by atoms with Gasteiger partial charge >= 0.3 is 0 Å². The summed E-state index contributed by atoms with van der Waals surface area (Å²) in [6.45, 7) is 8.19. The first kappa shape index (κ1) is 18.4. The van der Waals surface area contributed by atoms with E-state index < -0.39 is 0 Å². The van der Waals surface area contributed by atoms with Crippen molar-refractivity contribution in [1.29, 1.82) is 0 Å². The third-order valence-electron chi connectivity index (χ3n) is 5.16. The summed E-state index contributed by atoms with van der Waals surface area (Å²) >= 11 is 0. The smallest absolute Gasteiger partial charge is 0.257 e. The van der Waals surface area contributed by atoms with Crippen LogP contribution in [-0.2, 0) is 13.1 Å². The lowest BCUT2D eigenvalue weighted by Crippen LogP contribution is -2.41. The predicted octanol–water partition coefficient (Wildman–Crippen LogP) is 3.07. The summed E-state index contributed by atoms with van der Waals surface area (Å²) in [7, 11) is 0. The van der Waals surface area contributed by atoms with Crippen LogP contribution >= 0.6 is 0 Å². The van der Waals surface area contributed by atoms with Gasteiger partial charge in [0.25, 0.3) is 5.91 Å². The second-order valence-corrected chi connectivity index (χ2v) is 7.91. The second-order valence-electron chi connectivity index (χ2n) is 7.91. The van der Waals surface area contributed by atoms with E-state index in [2.05, 4.69) is 45.8 Å². The first-order valence-electron chi connectivity index (χ1n) is 9.77. The topological polar surface area (TPSA) is 68.8 Å². The molecule has 0 unspecified atom stereocenters. The molecule has 1 aliphatic rings. The SMILES string of the molecule is Cc1nnc2n1[C@@H](CC(C)C)CN(C(=O)c1cnn(Cc3ccccc3)c1)C2. The lowest BCUT2D eigenvalue weighted by molar-refractivity contribution is 0.0660. The van der Waals surface area contributed by atoms with Crippen molar-refractivity contribution in [1.82, 2.24) is 29.4 Å². The van der Waals surface area contributed by atoms with E-state index >= 15 is 0 Å². The Morgan fingerprint density at radius 1 is 1.21 bits per heavy atom. The molecule has 0 bridgehead atoms. The summed E-state index contributed by atoms with van der Waals surface area (Å²) in [5, 5.41) is 12.9. The predicted molar refractivity (Wildman–Crippen MR) is 106 cm³/mol. The molecule has 0 fully saturated rings. The number of rotatable bonds is 5. The molecule has 146 valence electrons. The molecule has 0 saturated heterocycles. The molecular formula is C21H26N6O. The number of nitrogens with zero attached hydrogens (tertiary/aromatic N) is 6. The summed E-state index contributed by atoms with van der Waals surface area (Å²) in [4.78, 5) is 15.0. The molecule has 0 spiro atoms. The molecule has 28 heavy (non-hydrogen) atoms. The van der Waals surface area contributed by atoms with Gasteiger partial charge in [-0.05, 0) is 24.8 Å². The zero-order chi connectivity index (χ0) is 19.7. The van der Waals surface area contributed by atoms with Gasteiger partial charge < -0.3 is 9.47 Å². The van der Waals surface area contributed by atoms with E-state index in [9.17, 15) is 4.79 Å². The van der Waals surface area contributed by atoms with Crippen molar-refractivity contribution >= 4 is 5.91 Å². The quantitative estimate of drug-likeness (QED) is 0.684. The van der Waals surface area contributed by atoms with Crippen molar-refractivity contribution in [3.8, 4) is 0 Å². The van der Waals surface area contributed by atoms with Crippen LogP contribution in [0.5, 0.6) is 0 Å². The normalized spacial score (nSPS) is 16.4. The Labute approximate surface area is 165 Å². The molecule has 7 heteroatoms. The maximum Gasteiger partial charge on any atom is 0.257 e. The molecule has 1 aliphatic heterocycles. The summed E-state index contributed by atoms with van der Waals surface area (Å²) in [5.74, 6) is 2.31. The van der Waals surface area contributed by atoms with Crippen LogP contribution in [0.15, 0.2) is 42.7 Å². The monoisotopic (exact) mass is 378 g/mol. The highest BCUT2D eigenvalue weighted by Gasteiger charge is 2.31. The molecule has 1 aromatic carbocycles. The first-order valence-corrected chi connectivity index (χ1v) is 9.77. The van der Waals surface area contributed by atoms with Crippen molar-refractivity contribution in [3.63, 3.8) is 0 Å². The number of carbonyl (C=O) groups excluding carboxylic acids is 1. The van der Waals surface area contributed by atoms with E-state index in [1.54, 1.807) is 6.20 Å². The van der Waals surface area contributed by atoms with Crippen LogP contribution in [0.1, 0.15) is 53.9 Å². The van der Waals surface area contributed by atoms with E-state index in [1.807, 2.05) is 40.9 Å². The first-order chi connectivity index (χ1) is 13.5. The van der Waals surface area contributed by atoms with Crippen LogP contribution in [0.3, 0.4) is 0 Å². The number of fused-ring (bicyclic) bond motifs is 1. The van der Waals surface area contributed by atoms with Gasteiger partial charge in [-0.2, -0.15) is 5.10 Å². The molecule has 0 N–H and O–H groups in total. The summed E-state index contributed by atoms with van der Waals surface area (Å²) in [5.41, 5.74) is 1.77. The third-order valence-corrected chi connectivity index (χ3v) is 5.16. The summed E-state index contributed by atoms with van der Waals surface area (Å²) in [6, 6.07) is 10.3. The number of aryl methyl sites for hydroxylation is 1. The maximum atomic E-state index is 13.1. The third kappa shape index (κ3) is 3.69. The molecule has 0 saturated carbocycles. The van der Waals surface area contributed by atoms with Gasteiger partial charge in [-0.3, -0.25) is 9.48 Å². The highest BCUT2D eigenvalue weighted by molar-refractivity contribution is 5.93. The number of hydrogen-bond acceptors (Lipinski definition) is 4. The van der Waals surface area contributed by atoms with Crippen molar-refractivity contribution in [3.05, 3.63) is 65.5 Å². The average Bonchev–Trinajstić information content (AvgIpc) is 3.28. The standard InChI is InChI=1S/C21H26N6O/c1-15(2)9-19-13-25(14-20-24-23-16(3)27(19)20)21(28)18-10-22-26(12-18)11-17-7-5-4-6-8-17/h4-8,10,12,15,19H,9,11,13-14H2,1-3H3/t19-/m0/s1. The van der Waals surface area contributed by atoms with Gasteiger partial charge in [-0.15, -0.1) is 10.2 Å². The molecule has 1 atom stereocenters. The highest BCUT2D eigenvalue weighted by atomic mass is 16.2. The fourth-order valence-electron chi connectivity index (χ4n) is 3.96. The Balaban J connectivity index is 1.52. The molecule has 1 amide bonds. The van der Waals surface area contributed by atoms with Crippen LogP contribution in [0.4, 0.5) is 0 Å². The fraction of sp³-hybridized carbons (Fsp3) is 0.429. The van der Waals surface area contributed by atoms with Crippen LogP contribution < -0.4 is 0 Å². The number of benzene rings is 1. The lowest BCUT2D eigenvalue weighted by atomic mass is 10.0. The van der Waals surface area contributed by atoms with Gasteiger partial charge in [0, 0.05) is 12.7 Å². The molecule has 3 aromatic rings. The number of aromatic nitrogens is 5. The van der Waals surface area contributed by atoms with Gasteiger partial charge in [0.2, 0.25) is 0 Å². The highest BCUT2D eigenvalue weighted by Crippen LogP contribution is 2.28. The molecule has 3 heterocycles. The largest absolute Gasteiger partial charge is 0.329 e. The van der Waals surface area contributed by atoms with E-state index in [1.165, 1.54) is 0 Å². The Morgan fingerprint density at radius 3 is 2.75 bits per heavy atom. The maximum absolute atomic E-state index is 13.1. The van der Waals surface area contributed by atoms with E-state index in [-0.39, 0.29) is 11.9 Å². The van der Waals surface area contributed by atoms with Gasteiger partial charge in [-0.1, -0.05) is 44.2 Å². The molecule has 0 radical (unpaired) electrons. The molecule has 4 rings (SSSR count). The van der Waals surface area contributed by atoms with Crippen molar-refractivity contribution < 1.29 is 4.79 Å². The van der Waals surface area contributed by atoms with Gasteiger partial charge in [0.1, 0.15) is 5.82 Å². The minimum absolute atomic E-state index is 0.0000270. The van der Waals surface area contributed by atoms with E-state index in [4.69, 9.17) is 0 Å². The minimum atomic E-state index is -0.0000270. The molecule has 2 aromatic heterocycles. The van der Waals surface area contributed by atoms with Crippen LogP contribution in [0.25, 0.3) is 0 Å². The molecule has 0 aliphatic carbocycles. The van der Waals surface area contributed by atoms with Crippen molar-refractivity contribution in [2.75, 3.05) is 6.54 Å². The summed E-state index contributed by atoms with van der Waals surface area (Å²) in [6.07, 6.45) is 4.48. The van der Waals surface area contributed by atoms with Crippen molar-refractivity contribution in [2.45, 2.75) is 46.3 Å². The Hall–Kier alpha value is -2.96. The van der Waals surface area contributed by atoms with Crippen LogP contribution in [-0.4, -0.2) is 41.9 Å². The van der Waals surface area contributed by atoms with Crippen molar-refractivity contribution in [2.24, 2.45) is 5.92 Å². The summed E-state index contributed by atoms with van der Waals surface area (Å²) < 4.78 is 4.01. The molecule has 7 nitrogen and oxygen atoms in total. The van der Waals surface area contributed by atoms with Gasteiger partial charge in [0.15, 0.2) is 5.82 Å².